The summed E-state index contributed by atoms with van der Waals surface area (Å²) in [5.41, 5.74) is 9.20. The van der Waals surface area contributed by atoms with E-state index in [0.717, 1.165) is 5.56 Å². The van der Waals surface area contributed by atoms with Crippen LogP contribution >= 0.6 is 12.2 Å². The number of benzene rings is 2. The monoisotopic (exact) mass is 381 g/mol. The second-order valence-corrected chi connectivity index (χ2v) is 6.05. The van der Waals surface area contributed by atoms with Crippen molar-refractivity contribution >= 4 is 28.7 Å². The molecule has 0 aliphatic heterocycles. The molecule has 0 bridgehead atoms. The molecule has 0 saturated carbocycles. The molecule has 8 heteroatoms. The summed E-state index contributed by atoms with van der Waals surface area (Å²) < 4.78 is 12.1. The average Bonchev–Trinajstić information content (AvgIpc) is 3.03. The summed E-state index contributed by atoms with van der Waals surface area (Å²) in [4.78, 5) is 0. The van der Waals surface area contributed by atoms with Crippen molar-refractivity contribution in [2.24, 2.45) is 16.0 Å². The van der Waals surface area contributed by atoms with E-state index in [1.807, 2.05) is 37.3 Å². The SMILES string of the molecule is COc1ccc(OC)c(N=Nc2c(C)nn(C(N)=S)c2-c2ccccc2)c1. The number of methoxy groups -OCH3 is 2. The topological polar surface area (TPSA) is 87.0 Å². The van der Waals surface area contributed by atoms with Gasteiger partial charge >= 0.3 is 0 Å². The molecule has 0 unspecified atom stereocenters. The van der Waals surface area contributed by atoms with Crippen molar-refractivity contribution in [1.29, 1.82) is 0 Å². The van der Waals surface area contributed by atoms with Gasteiger partial charge in [0.05, 0.1) is 19.9 Å². The molecule has 1 aromatic heterocycles. The van der Waals surface area contributed by atoms with Crippen LogP contribution in [0.2, 0.25) is 0 Å². The molecule has 3 aromatic rings. The first-order chi connectivity index (χ1) is 13.0. The Labute approximate surface area is 162 Å². The molecule has 138 valence electrons. The number of nitrogens with two attached hydrogens (primary N) is 1. The number of azo groups is 1. The van der Waals surface area contributed by atoms with Crippen LogP contribution in [0.1, 0.15) is 5.69 Å². The van der Waals surface area contributed by atoms with Gasteiger partial charge in [0.15, 0.2) is 5.11 Å². The third-order valence-corrected chi connectivity index (χ3v) is 4.10. The van der Waals surface area contributed by atoms with E-state index in [-0.39, 0.29) is 5.11 Å². The molecule has 0 saturated heterocycles. The molecule has 2 aromatic carbocycles. The summed E-state index contributed by atoms with van der Waals surface area (Å²) in [7, 11) is 3.17. The fourth-order valence-electron chi connectivity index (χ4n) is 2.63. The van der Waals surface area contributed by atoms with Gasteiger partial charge in [0.25, 0.3) is 0 Å². The number of hydrogen-bond acceptors (Lipinski definition) is 6. The zero-order chi connectivity index (χ0) is 19.4. The van der Waals surface area contributed by atoms with Crippen LogP contribution in [0.25, 0.3) is 11.3 Å². The van der Waals surface area contributed by atoms with Crippen LogP contribution in [0, 0.1) is 6.92 Å². The Morgan fingerprint density at radius 1 is 1.07 bits per heavy atom. The Morgan fingerprint density at radius 3 is 2.44 bits per heavy atom. The molecular formula is C19H19N5O2S. The summed E-state index contributed by atoms with van der Waals surface area (Å²) >= 11 is 5.14. The van der Waals surface area contributed by atoms with Crippen LogP contribution in [-0.4, -0.2) is 29.1 Å². The number of aromatic nitrogens is 2. The maximum atomic E-state index is 5.85. The number of nitrogens with zero attached hydrogens (tertiary/aromatic N) is 4. The van der Waals surface area contributed by atoms with Gasteiger partial charge in [0.2, 0.25) is 0 Å². The van der Waals surface area contributed by atoms with Gasteiger partial charge in [-0.05, 0) is 31.3 Å². The van der Waals surface area contributed by atoms with E-state index in [9.17, 15) is 0 Å². The first kappa shape index (κ1) is 18.5. The summed E-state index contributed by atoms with van der Waals surface area (Å²) in [6, 6.07) is 15.0. The number of thiocarbonyl (C=S) groups is 1. The van der Waals surface area contributed by atoms with Gasteiger partial charge in [-0.2, -0.15) is 5.10 Å². The Bertz CT molecular complexity index is 999. The van der Waals surface area contributed by atoms with Crippen molar-refractivity contribution < 1.29 is 9.47 Å². The lowest BCUT2D eigenvalue weighted by molar-refractivity contribution is 0.404. The minimum Gasteiger partial charge on any atom is -0.497 e. The van der Waals surface area contributed by atoms with E-state index in [1.54, 1.807) is 32.4 Å². The lowest BCUT2D eigenvalue weighted by Crippen LogP contribution is -2.21. The molecule has 0 fully saturated rings. The lowest BCUT2D eigenvalue weighted by Gasteiger charge is -2.07. The predicted octanol–water partition coefficient (Wildman–Crippen LogP) is 4.38. The maximum absolute atomic E-state index is 5.85. The molecule has 0 radical (unpaired) electrons. The average molecular weight is 381 g/mol. The Morgan fingerprint density at radius 2 is 1.81 bits per heavy atom. The van der Waals surface area contributed by atoms with E-state index < -0.39 is 0 Å². The van der Waals surface area contributed by atoms with Crippen LogP contribution in [-0.2, 0) is 0 Å². The molecule has 0 amide bonds. The minimum atomic E-state index is 0.136. The smallest absolute Gasteiger partial charge is 0.191 e. The van der Waals surface area contributed by atoms with Crippen LogP contribution in [0.5, 0.6) is 11.5 Å². The second-order valence-electron chi connectivity index (χ2n) is 5.64. The molecule has 27 heavy (non-hydrogen) atoms. The van der Waals surface area contributed by atoms with Crippen molar-refractivity contribution in [2.45, 2.75) is 6.92 Å². The fourth-order valence-corrected chi connectivity index (χ4v) is 2.76. The molecule has 0 atom stereocenters. The summed E-state index contributed by atoms with van der Waals surface area (Å²) in [6.07, 6.45) is 0. The van der Waals surface area contributed by atoms with Gasteiger partial charge in [-0.15, -0.1) is 10.2 Å². The quantitative estimate of drug-likeness (QED) is 0.523. The third kappa shape index (κ3) is 3.80. The predicted molar refractivity (Wildman–Crippen MR) is 108 cm³/mol. The van der Waals surface area contributed by atoms with Gasteiger partial charge in [0.1, 0.15) is 28.6 Å². The zero-order valence-electron chi connectivity index (χ0n) is 15.2. The van der Waals surface area contributed by atoms with Crippen molar-refractivity contribution in [2.75, 3.05) is 14.2 Å². The van der Waals surface area contributed by atoms with Crippen LogP contribution in [0.3, 0.4) is 0 Å². The number of aryl methyl sites for hydroxylation is 1. The largest absolute Gasteiger partial charge is 0.497 e. The second kappa shape index (κ2) is 7.96. The Kier molecular flexibility index (Phi) is 5.46. The summed E-state index contributed by atoms with van der Waals surface area (Å²) in [5.74, 6) is 1.24. The molecule has 7 nitrogen and oxygen atoms in total. The van der Waals surface area contributed by atoms with Crippen molar-refractivity contribution in [1.82, 2.24) is 9.78 Å². The van der Waals surface area contributed by atoms with Crippen molar-refractivity contribution in [3.05, 3.63) is 54.2 Å². The molecule has 0 spiro atoms. The molecule has 3 rings (SSSR count). The molecule has 0 aliphatic carbocycles. The maximum Gasteiger partial charge on any atom is 0.191 e. The highest BCUT2D eigenvalue weighted by atomic mass is 32.1. The standard InChI is InChI=1S/C19H19N5O2S/c1-12-17(22-21-15-11-14(25-2)9-10-16(15)26-3)18(24(23-12)19(20)27)13-7-5-4-6-8-13/h4-11H,1-3H3,(H2,20,27). The Hall–Kier alpha value is -3.26. The number of hydrogen-bond donors (Lipinski definition) is 1. The molecule has 0 aliphatic rings. The van der Waals surface area contributed by atoms with Crippen molar-refractivity contribution in [3.63, 3.8) is 0 Å². The van der Waals surface area contributed by atoms with E-state index in [4.69, 9.17) is 27.4 Å². The normalized spacial score (nSPS) is 10.9. The highest BCUT2D eigenvalue weighted by Gasteiger charge is 2.18. The van der Waals surface area contributed by atoms with Gasteiger partial charge < -0.3 is 15.2 Å². The first-order valence-corrected chi connectivity index (χ1v) is 8.54. The summed E-state index contributed by atoms with van der Waals surface area (Å²) in [5, 5.41) is 13.3. The van der Waals surface area contributed by atoms with Gasteiger partial charge in [0, 0.05) is 11.6 Å². The fraction of sp³-hybridized carbons (Fsp3) is 0.158. The van der Waals surface area contributed by atoms with Gasteiger partial charge in [-0.3, -0.25) is 0 Å². The highest BCUT2D eigenvalue weighted by molar-refractivity contribution is 7.80. The molecule has 2 N–H and O–H groups in total. The minimum absolute atomic E-state index is 0.136. The molecule has 1 heterocycles. The van der Waals surface area contributed by atoms with E-state index in [2.05, 4.69) is 15.3 Å². The third-order valence-electron chi connectivity index (χ3n) is 3.93. The lowest BCUT2D eigenvalue weighted by atomic mass is 10.1. The van der Waals surface area contributed by atoms with E-state index >= 15 is 0 Å². The van der Waals surface area contributed by atoms with Crippen LogP contribution < -0.4 is 15.2 Å². The number of ether oxygens (including phenoxy) is 2. The van der Waals surface area contributed by atoms with E-state index in [1.165, 1.54) is 4.68 Å². The number of rotatable bonds is 5. The van der Waals surface area contributed by atoms with E-state index in [0.29, 0.717) is 34.3 Å². The first-order valence-electron chi connectivity index (χ1n) is 8.13. The van der Waals surface area contributed by atoms with Gasteiger partial charge in [-0.25, -0.2) is 4.68 Å². The van der Waals surface area contributed by atoms with Crippen LogP contribution in [0.4, 0.5) is 11.4 Å². The molecular weight excluding hydrogens is 362 g/mol. The Balaban J connectivity index is 2.13. The summed E-state index contributed by atoms with van der Waals surface area (Å²) in [6.45, 7) is 1.83. The zero-order valence-corrected chi connectivity index (χ0v) is 16.0. The van der Waals surface area contributed by atoms with Crippen molar-refractivity contribution in [3.8, 4) is 22.8 Å². The van der Waals surface area contributed by atoms with Crippen LogP contribution in [0.15, 0.2) is 58.8 Å². The van der Waals surface area contributed by atoms with Gasteiger partial charge in [-0.1, -0.05) is 30.3 Å². The highest BCUT2D eigenvalue weighted by Crippen LogP contribution is 2.37.